The van der Waals surface area contributed by atoms with E-state index >= 15 is 0 Å². The molecule has 1 aromatic rings. The number of rotatable bonds is 4. The van der Waals surface area contributed by atoms with Crippen LogP contribution in [0, 0.1) is 3.57 Å². The van der Waals surface area contributed by atoms with Gasteiger partial charge < -0.3 is 4.98 Å². The smallest absolute Gasteiger partial charge is 0.280 e. The lowest BCUT2D eigenvalue weighted by molar-refractivity contribution is 0.0536. The van der Waals surface area contributed by atoms with Gasteiger partial charge in [0.25, 0.3) is 11.5 Å². The van der Waals surface area contributed by atoms with Crippen LogP contribution in [-0.4, -0.2) is 18.0 Å². The molecule has 0 aliphatic rings. The Balaban J connectivity index is 3.10. The first-order chi connectivity index (χ1) is 7.60. The molecule has 0 aliphatic carbocycles. The molecule has 0 spiro atoms. The fraction of sp³-hybridized carbons (Fsp3) is 0.400. The summed E-state index contributed by atoms with van der Waals surface area (Å²) in [6, 6.07) is 1.57. The van der Waals surface area contributed by atoms with Crippen molar-refractivity contribution in [3.8, 4) is 0 Å². The topological polar surface area (TPSA) is 71.2 Å². The fourth-order valence-corrected chi connectivity index (χ4v) is 2.01. The summed E-state index contributed by atoms with van der Waals surface area (Å²) < 4.78 is 0.875. The van der Waals surface area contributed by atoms with Crippen LogP contribution in [0.3, 0.4) is 0 Å². The van der Waals surface area contributed by atoms with E-state index in [4.69, 9.17) is 0 Å². The van der Waals surface area contributed by atoms with E-state index in [0.717, 1.165) is 22.1 Å². The van der Waals surface area contributed by atoms with Gasteiger partial charge in [-0.1, -0.05) is 13.3 Å². The van der Waals surface area contributed by atoms with Crippen molar-refractivity contribution in [2.24, 2.45) is 0 Å². The molecular weight excluding hydrogens is 323 g/mol. The van der Waals surface area contributed by atoms with Crippen LogP contribution in [0.25, 0.3) is 0 Å². The molecule has 0 atom stereocenters. The lowest BCUT2D eigenvalue weighted by atomic mass is 10.2. The number of H-pyrrole nitrogens is 1. The third kappa shape index (κ3) is 3.05. The summed E-state index contributed by atoms with van der Waals surface area (Å²) in [7, 11) is 1.32. The second kappa shape index (κ2) is 6.00. The van der Waals surface area contributed by atoms with Crippen LogP contribution in [0.5, 0.6) is 0 Å². The van der Waals surface area contributed by atoms with Crippen molar-refractivity contribution in [1.29, 1.82) is 0 Å². The predicted molar refractivity (Wildman–Crippen MR) is 68.2 cm³/mol. The Morgan fingerprint density at radius 1 is 1.62 bits per heavy atom. The Hall–Kier alpha value is -0.890. The largest absolute Gasteiger partial charge is 0.324 e. The quantitative estimate of drug-likeness (QED) is 0.642. The highest BCUT2D eigenvalue weighted by atomic mass is 127. The second-order valence-corrected chi connectivity index (χ2v) is 4.39. The highest BCUT2D eigenvalue weighted by Crippen LogP contribution is 2.11. The number of hydroxylamine groups is 1. The first-order valence-electron chi connectivity index (χ1n) is 4.85. The zero-order valence-corrected chi connectivity index (χ0v) is 11.3. The van der Waals surface area contributed by atoms with Crippen molar-refractivity contribution in [2.75, 3.05) is 7.11 Å². The minimum atomic E-state index is -0.537. The summed E-state index contributed by atoms with van der Waals surface area (Å²) in [5.74, 6) is -0.537. The molecular formula is C10H13IN2O3. The summed E-state index contributed by atoms with van der Waals surface area (Å²) in [6.07, 6.45) is 1.73. The van der Waals surface area contributed by atoms with Crippen molar-refractivity contribution < 1.29 is 9.63 Å². The van der Waals surface area contributed by atoms with Crippen LogP contribution < -0.4 is 11.0 Å². The normalized spacial score (nSPS) is 10.2. The summed E-state index contributed by atoms with van der Waals surface area (Å²) in [5, 5.41) is 0. The van der Waals surface area contributed by atoms with Crippen LogP contribution in [0.4, 0.5) is 0 Å². The van der Waals surface area contributed by atoms with E-state index in [2.05, 4.69) is 37.9 Å². The number of halogens is 1. The molecule has 16 heavy (non-hydrogen) atoms. The molecule has 0 unspecified atom stereocenters. The van der Waals surface area contributed by atoms with E-state index in [0.29, 0.717) is 0 Å². The van der Waals surface area contributed by atoms with Gasteiger partial charge in [0.2, 0.25) is 0 Å². The first kappa shape index (κ1) is 13.2. The molecule has 0 saturated carbocycles. The van der Waals surface area contributed by atoms with Gasteiger partial charge in [-0.25, -0.2) is 5.48 Å². The van der Waals surface area contributed by atoms with Crippen molar-refractivity contribution in [3.63, 3.8) is 0 Å². The maximum atomic E-state index is 11.6. The number of carbonyl (C=O) groups excluding carboxylic acids is 1. The summed E-state index contributed by atoms with van der Waals surface area (Å²) >= 11 is 2.10. The predicted octanol–water partition coefficient (Wildman–Crippen LogP) is 1.22. The Morgan fingerprint density at radius 3 is 2.88 bits per heavy atom. The lowest BCUT2D eigenvalue weighted by Gasteiger charge is -2.06. The zero-order valence-electron chi connectivity index (χ0n) is 9.09. The van der Waals surface area contributed by atoms with Gasteiger partial charge in [-0.05, 0) is 35.1 Å². The number of nitrogens with one attached hydrogen (secondary N) is 2. The zero-order chi connectivity index (χ0) is 12.1. The molecule has 2 N–H and O–H groups in total. The van der Waals surface area contributed by atoms with Crippen molar-refractivity contribution >= 4 is 28.5 Å². The molecule has 0 bridgehead atoms. The van der Waals surface area contributed by atoms with E-state index < -0.39 is 11.5 Å². The van der Waals surface area contributed by atoms with Gasteiger partial charge in [0, 0.05) is 9.26 Å². The fourth-order valence-electron chi connectivity index (χ4n) is 1.29. The lowest BCUT2D eigenvalue weighted by Crippen LogP contribution is -2.29. The molecule has 0 saturated heterocycles. The number of hydrogen-bond donors (Lipinski definition) is 2. The van der Waals surface area contributed by atoms with Crippen molar-refractivity contribution in [3.05, 3.63) is 31.2 Å². The maximum Gasteiger partial charge on any atom is 0.280 e. The number of carbonyl (C=O) groups is 1. The van der Waals surface area contributed by atoms with Crippen LogP contribution in [0.2, 0.25) is 0 Å². The third-order valence-corrected chi connectivity index (χ3v) is 2.97. The highest BCUT2D eigenvalue weighted by Gasteiger charge is 2.13. The van der Waals surface area contributed by atoms with E-state index in [9.17, 15) is 9.59 Å². The maximum absolute atomic E-state index is 11.6. The average molecular weight is 336 g/mol. The number of amides is 1. The van der Waals surface area contributed by atoms with Gasteiger partial charge in [-0.15, -0.1) is 0 Å². The second-order valence-electron chi connectivity index (χ2n) is 3.22. The van der Waals surface area contributed by atoms with Gasteiger partial charge >= 0.3 is 0 Å². The average Bonchev–Trinajstić information content (AvgIpc) is 2.23. The molecule has 1 aromatic heterocycles. The Kier molecular flexibility index (Phi) is 4.94. The first-order valence-corrected chi connectivity index (χ1v) is 5.93. The summed E-state index contributed by atoms with van der Waals surface area (Å²) in [4.78, 5) is 30.2. The van der Waals surface area contributed by atoms with Crippen molar-refractivity contribution in [1.82, 2.24) is 10.5 Å². The highest BCUT2D eigenvalue weighted by molar-refractivity contribution is 14.1. The van der Waals surface area contributed by atoms with Gasteiger partial charge in [0.1, 0.15) is 5.56 Å². The number of pyridine rings is 1. The molecule has 5 nitrogen and oxygen atoms in total. The van der Waals surface area contributed by atoms with Gasteiger partial charge in [0.05, 0.1) is 7.11 Å². The van der Waals surface area contributed by atoms with Crippen LogP contribution >= 0.6 is 22.6 Å². The Bertz CT molecular complexity index is 442. The molecule has 1 amide bonds. The number of aromatic nitrogens is 1. The van der Waals surface area contributed by atoms with E-state index in [1.807, 2.05) is 6.92 Å². The standard InChI is InChI=1S/C10H13IN2O3/c1-3-4-8-7(11)5-6(9(14)12-8)10(15)13-16-2/h5H,3-4H2,1-2H3,(H,12,14)(H,13,15). The van der Waals surface area contributed by atoms with Crippen LogP contribution in [0.15, 0.2) is 10.9 Å². The number of aryl methyl sites for hydroxylation is 1. The van der Waals surface area contributed by atoms with Gasteiger partial charge in [0.15, 0.2) is 0 Å². The van der Waals surface area contributed by atoms with Gasteiger partial charge in [-0.2, -0.15) is 0 Å². The van der Waals surface area contributed by atoms with E-state index in [1.165, 1.54) is 7.11 Å². The molecule has 0 aliphatic heterocycles. The molecule has 0 aromatic carbocycles. The molecule has 1 rings (SSSR count). The number of hydrogen-bond acceptors (Lipinski definition) is 3. The minimum absolute atomic E-state index is 0.0612. The van der Waals surface area contributed by atoms with Gasteiger partial charge in [-0.3, -0.25) is 14.4 Å². The Morgan fingerprint density at radius 2 is 2.31 bits per heavy atom. The molecule has 0 fully saturated rings. The molecule has 88 valence electrons. The Labute approximate surface area is 107 Å². The third-order valence-electron chi connectivity index (χ3n) is 2.01. The molecule has 1 heterocycles. The monoisotopic (exact) mass is 336 g/mol. The van der Waals surface area contributed by atoms with Crippen LogP contribution in [-0.2, 0) is 11.3 Å². The summed E-state index contributed by atoms with van der Waals surface area (Å²) in [5.41, 5.74) is 2.65. The van der Waals surface area contributed by atoms with E-state index in [1.54, 1.807) is 6.07 Å². The molecule has 6 heteroatoms. The van der Waals surface area contributed by atoms with Crippen molar-refractivity contribution in [2.45, 2.75) is 19.8 Å². The van der Waals surface area contributed by atoms with Crippen LogP contribution in [0.1, 0.15) is 29.4 Å². The number of aromatic amines is 1. The van der Waals surface area contributed by atoms with E-state index in [-0.39, 0.29) is 5.56 Å². The minimum Gasteiger partial charge on any atom is -0.324 e. The summed E-state index contributed by atoms with van der Waals surface area (Å²) in [6.45, 7) is 2.03. The molecule has 0 radical (unpaired) electrons. The SMILES string of the molecule is CCCc1[nH]c(=O)c(C(=O)NOC)cc1I.